The molecular weight excluding hydrogens is 320 g/mol. The molecule has 0 saturated carbocycles. The molecule has 0 amide bonds. The Kier molecular flexibility index (Phi) is 4.24. The number of ether oxygens (including phenoxy) is 1. The van der Waals surface area contributed by atoms with Crippen molar-refractivity contribution in [2.24, 2.45) is 5.92 Å². The van der Waals surface area contributed by atoms with Crippen molar-refractivity contribution in [1.29, 1.82) is 0 Å². The molecule has 1 nitrogen and oxygen atoms in total. The average Bonchev–Trinajstić information content (AvgIpc) is 2.26. The number of hydrogen-bond donors (Lipinski definition) is 0. The van der Waals surface area contributed by atoms with Crippen LogP contribution in [-0.4, -0.2) is 6.36 Å². The van der Waals surface area contributed by atoms with Crippen LogP contribution in [0, 0.1) is 5.92 Å². The summed E-state index contributed by atoms with van der Waals surface area (Å²) in [6.45, 7) is 3.87. The van der Waals surface area contributed by atoms with E-state index in [1.165, 1.54) is 10.2 Å². The van der Waals surface area contributed by atoms with E-state index in [1.807, 2.05) is 24.0 Å². The molecule has 5 heteroatoms. The van der Waals surface area contributed by atoms with Gasteiger partial charge in [0.15, 0.2) is 0 Å². The van der Waals surface area contributed by atoms with Crippen molar-refractivity contribution >= 4 is 0 Å². The molecule has 0 saturated heterocycles. The summed E-state index contributed by atoms with van der Waals surface area (Å²) in [5, 5.41) is 0. The van der Waals surface area contributed by atoms with Crippen LogP contribution in [0.4, 0.5) is 13.2 Å². The summed E-state index contributed by atoms with van der Waals surface area (Å²) in [6.07, 6.45) is -1.26. The molecule has 15 heavy (non-hydrogen) atoms. The van der Waals surface area contributed by atoms with Gasteiger partial charge in [-0.25, -0.2) is 0 Å². The van der Waals surface area contributed by atoms with Crippen molar-refractivity contribution in [3.63, 3.8) is 0 Å². The number of hydrogen-bond acceptors (Lipinski definition) is 1. The Labute approximate surface area is 96.9 Å². The molecule has 0 bridgehead atoms. The molecule has 0 aromatic carbocycles. The third kappa shape index (κ3) is 4.72. The Bertz CT molecular complexity index is 313. The fourth-order valence-corrected chi connectivity index (χ4v) is 2.49. The molecular formula is C10H11F3IO-. The summed E-state index contributed by atoms with van der Waals surface area (Å²) in [6, 6.07) is 0. The maximum atomic E-state index is 12.0. The second kappa shape index (κ2) is 5.05. The number of alkyl halides is 3. The predicted octanol–water partition coefficient (Wildman–Crippen LogP) is 0.563. The van der Waals surface area contributed by atoms with E-state index in [1.54, 1.807) is 0 Å². The summed E-state index contributed by atoms with van der Waals surface area (Å²) in [5.41, 5.74) is 0.864. The van der Waals surface area contributed by atoms with Crippen LogP contribution in [0.3, 0.4) is 0 Å². The maximum absolute atomic E-state index is 12.0. The zero-order valence-corrected chi connectivity index (χ0v) is 10.5. The molecule has 0 aliphatic carbocycles. The molecule has 0 fully saturated rings. The van der Waals surface area contributed by atoms with Gasteiger partial charge in [0.2, 0.25) is 0 Å². The van der Waals surface area contributed by atoms with E-state index in [-0.39, 0.29) is 11.7 Å². The van der Waals surface area contributed by atoms with Gasteiger partial charge in [-0.1, -0.05) is 0 Å². The predicted molar refractivity (Wildman–Crippen MR) is 47.3 cm³/mol. The van der Waals surface area contributed by atoms with Crippen LogP contribution in [0.5, 0.6) is 0 Å². The fraction of sp³-hybridized carbons (Fsp3) is 0.400. The third-order valence-electron chi connectivity index (χ3n) is 1.71. The standard InChI is InChI=1S/C10H11F3IO/c1-7(2)8-3-4-14-6-9(5-8)15-10(11,12)13/h3-7H,1-2H3/q-1. The van der Waals surface area contributed by atoms with Gasteiger partial charge in [-0.3, -0.25) is 0 Å². The first-order chi connectivity index (χ1) is 6.88. The quantitative estimate of drug-likeness (QED) is 0.672. The van der Waals surface area contributed by atoms with E-state index in [0.29, 0.717) is 0 Å². The van der Waals surface area contributed by atoms with Crippen molar-refractivity contribution in [2.45, 2.75) is 20.2 Å². The Morgan fingerprint density at radius 1 is 1.33 bits per heavy atom. The Morgan fingerprint density at radius 2 is 2.00 bits per heavy atom. The first kappa shape index (κ1) is 12.6. The van der Waals surface area contributed by atoms with E-state index >= 15 is 0 Å². The van der Waals surface area contributed by atoms with Crippen molar-refractivity contribution in [3.8, 4) is 0 Å². The summed E-state index contributed by atoms with van der Waals surface area (Å²) in [5.74, 6) is 0.118. The van der Waals surface area contributed by atoms with Crippen molar-refractivity contribution in [1.82, 2.24) is 0 Å². The minimum absolute atomic E-state index is 0.0796. The number of halogens is 4. The zero-order valence-electron chi connectivity index (χ0n) is 8.31. The molecule has 1 heterocycles. The van der Waals surface area contributed by atoms with Gasteiger partial charge in [-0.15, -0.1) is 0 Å². The molecule has 0 atom stereocenters. The molecule has 1 aliphatic rings. The fourth-order valence-electron chi connectivity index (χ4n) is 0.996. The molecule has 0 aromatic rings. The molecule has 0 aromatic heterocycles. The van der Waals surface area contributed by atoms with Crippen LogP contribution in [-0.2, 0) is 4.74 Å². The Morgan fingerprint density at radius 3 is 2.53 bits per heavy atom. The Balaban J connectivity index is 2.82. The van der Waals surface area contributed by atoms with Crippen molar-refractivity contribution in [3.05, 3.63) is 31.6 Å². The second-order valence-corrected chi connectivity index (χ2v) is 5.34. The normalized spacial score (nSPS) is 17.7. The van der Waals surface area contributed by atoms with Gasteiger partial charge < -0.3 is 0 Å². The molecule has 1 rings (SSSR count). The number of rotatable bonds is 2. The van der Waals surface area contributed by atoms with Crippen LogP contribution in [0.25, 0.3) is 0 Å². The SMILES string of the molecule is CC(C)C1=CC(OC(F)(F)F)=C[I-]C=C1. The van der Waals surface area contributed by atoms with Gasteiger partial charge in [0.25, 0.3) is 0 Å². The van der Waals surface area contributed by atoms with E-state index in [2.05, 4.69) is 4.74 Å². The van der Waals surface area contributed by atoms with Crippen molar-refractivity contribution < 1.29 is 39.1 Å². The molecule has 1 aliphatic heterocycles. The van der Waals surface area contributed by atoms with Gasteiger partial charge in [0.05, 0.1) is 0 Å². The van der Waals surface area contributed by atoms with Gasteiger partial charge in [0.1, 0.15) is 0 Å². The van der Waals surface area contributed by atoms with Crippen LogP contribution in [0.1, 0.15) is 13.8 Å². The van der Waals surface area contributed by atoms with Gasteiger partial charge in [-0.05, 0) is 0 Å². The molecule has 0 unspecified atom stereocenters. The summed E-state index contributed by atoms with van der Waals surface area (Å²) >= 11 is -0.480. The average molecular weight is 331 g/mol. The van der Waals surface area contributed by atoms with Gasteiger partial charge in [0, 0.05) is 0 Å². The van der Waals surface area contributed by atoms with Crippen LogP contribution < -0.4 is 21.2 Å². The second-order valence-electron chi connectivity index (χ2n) is 3.28. The molecule has 0 radical (unpaired) electrons. The van der Waals surface area contributed by atoms with Crippen molar-refractivity contribution in [2.75, 3.05) is 0 Å². The van der Waals surface area contributed by atoms with E-state index in [0.717, 1.165) is 5.57 Å². The van der Waals surface area contributed by atoms with Crippen LogP contribution in [0.2, 0.25) is 0 Å². The van der Waals surface area contributed by atoms with E-state index in [9.17, 15) is 13.2 Å². The minimum atomic E-state index is -4.60. The van der Waals surface area contributed by atoms with Gasteiger partial charge >= 0.3 is 96.9 Å². The third-order valence-corrected chi connectivity index (χ3v) is 3.46. The van der Waals surface area contributed by atoms with E-state index < -0.39 is 27.6 Å². The molecule has 0 spiro atoms. The Hall–Kier alpha value is -0.460. The van der Waals surface area contributed by atoms with Gasteiger partial charge in [-0.2, -0.15) is 0 Å². The summed E-state index contributed by atoms with van der Waals surface area (Å²) in [7, 11) is 0. The monoisotopic (exact) mass is 331 g/mol. The summed E-state index contributed by atoms with van der Waals surface area (Å²) in [4.78, 5) is 0. The first-order valence-electron chi connectivity index (χ1n) is 4.34. The topological polar surface area (TPSA) is 9.23 Å². The molecule has 86 valence electrons. The first-order valence-corrected chi connectivity index (χ1v) is 6.83. The van der Waals surface area contributed by atoms with E-state index in [4.69, 9.17) is 0 Å². The summed E-state index contributed by atoms with van der Waals surface area (Å²) < 4.78 is 43.4. The van der Waals surface area contributed by atoms with Crippen LogP contribution >= 0.6 is 0 Å². The molecule has 0 N–H and O–H groups in total. The zero-order chi connectivity index (χ0) is 11.5. The van der Waals surface area contributed by atoms with Crippen LogP contribution in [0.15, 0.2) is 31.6 Å². The number of allylic oxidation sites excluding steroid dienone is 3.